The van der Waals surface area contributed by atoms with E-state index >= 15 is 0 Å². The van der Waals surface area contributed by atoms with Gasteiger partial charge in [0.15, 0.2) is 0 Å². The maximum Gasteiger partial charge on any atom is 0.371 e. The number of rotatable bonds is 5. The van der Waals surface area contributed by atoms with E-state index in [0.717, 1.165) is 12.3 Å². The Morgan fingerprint density at radius 2 is 2.11 bits per heavy atom. The lowest BCUT2D eigenvalue weighted by molar-refractivity contribution is 0.0649. The molecule has 0 bridgehead atoms. The number of nitrogens with zero attached hydrogens (tertiary/aromatic N) is 1. The fourth-order valence-corrected chi connectivity index (χ4v) is 3.12. The summed E-state index contributed by atoms with van der Waals surface area (Å²) in [5.41, 5.74) is 0. The number of hydrogen-bond acceptors (Lipinski definition) is 3. The maximum atomic E-state index is 10.9. The molecular formula is C15H23NO3. The summed E-state index contributed by atoms with van der Waals surface area (Å²) in [5.74, 6) is -0.217. The van der Waals surface area contributed by atoms with Gasteiger partial charge in [0.05, 0.1) is 6.04 Å². The molecule has 1 fully saturated rings. The van der Waals surface area contributed by atoms with E-state index < -0.39 is 5.97 Å². The molecule has 1 saturated carbocycles. The number of carboxylic acid groups (broad SMARTS) is 1. The molecule has 1 atom stereocenters. The van der Waals surface area contributed by atoms with E-state index in [1.165, 1.54) is 32.1 Å². The van der Waals surface area contributed by atoms with Gasteiger partial charge < -0.3 is 9.52 Å². The van der Waals surface area contributed by atoms with Gasteiger partial charge in [-0.25, -0.2) is 4.79 Å². The lowest BCUT2D eigenvalue weighted by atomic mass is 9.93. The normalized spacial score (nSPS) is 18.7. The Kier molecular flexibility index (Phi) is 4.64. The number of carbonyl (C=O) groups is 1. The third-order valence-corrected chi connectivity index (χ3v) is 4.16. The van der Waals surface area contributed by atoms with Crippen LogP contribution in [-0.2, 0) is 0 Å². The molecule has 2 rings (SSSR count). The first-order valence-corrected chi connectivity index (χ1v) is 7.22. The zero-order valence-corrected chi connectivity index (χ0v) is 11.8. The van der Waals surface area contributed by atoms with E-state index in [2.05, 4.69) is 18.7 Å². The number of hydrogen-bond donors (Lipinski definition) is 1. The van der Waals surface area contributed by atoms with Gasteiger partial charge in [0.25, 0.3) is 0 Å². The van der Waals surface area contributed by atoms with Gasteiger partial charge in [0.2, 0.25) is 5.76 Å². The molecular weight excluding hydrogens is 242 g/mol. The zero-order valence-electron chi connectivity index (χ0n) is 11.8. The van der Waals surface area contributed by atoms with Crippen LogP contribution >= 0.6 is 0 Å². The van der Waals surface area contributed by atoms with Crippen LogP contribution in [0.25, 0.3) is 0 Å². The highest BCUT2D eigenvalue weighted by Gasteiger charge is 2.26. The molecule has 0 radical (unpaired) electrons. The molecule has 0 amide bonds. The Balaban J connectivity index is 2.10. The molecule has 0 saturated heterocycles. The minimum absolute atomic E-state index is 0.0292. The summed E-state index contributed by atoms with van der Waals surface area (Å²) in [6.45, 7) is 5.23. The van der Waals surface area contributed by atoms with E-state index in [1.807, 2.05) is 0 Å². The molecule has 1 aliphatic carbocycles. The lowest BCUT2D eigenvalue weighted by Crippen LogP contribution is -2.38. The molecule has 1 unspecified atom stereocenters. The standard InChI is InChI=1S/C15H23NO3/c1-3-16(12-7-5-4-6-8-12)11(2)13-9-10-14(19-13)15(17)18/h9-12H,3-8H2,1-2H3,(H,17,18). The average molecular weight is 265 g/mol. The molecule has 1 aromatic rings. The Bertz CT molecular complexity index is 421. The van der Waals surface area contributed by atoms with E-state index in [1.54, 1.807) is 12.1 Å². The second-order valence-corrected chi connectivity index (χ2v) is 5.31. The highest BCUT2D eigenvalue weighted by Crippen LogP contribution is 2.30. The largest absolute Gasteiger partial charge is 0.475 e. The molecule has 19 heavy (non-hydrogen) atoms. The van der Waals surface area contributed by atoms with Gasteiger partial charge in [-0.1, -0.05) is 26.2 Å². The van der Waals surface area contributed by atoms with Crippen molar-refractivity contribution in [2.75, 3.05) is 6.54 Å². The Morgan fingerprint density at radius 1 is 1.42 bits per heavy atom. The van der Waals surface area contributed by atoms with Crippen LogP contribution in [0.3, 0.4) is 0 Å². The summed E-state index contributed by atoms with van der Waals surface area (Å²) < 4.78 is 5.44. The second kappa shape index (κ2) is 6.24. The predicted molar refractivity (Wildman–Crippen MR) is 73.3 cm³/mol. The van der Waals surface area contributed by atoms with Crippen LogP contribution in [0, 0.1) is 0 Å². The number of carboxylic acids is 1. The van der Waals surface area contributed by atoms with Gasteiger partial charge >= 0.3 is 5.97 Å². The fraction of sp³-hybridized carbons (Fsp3) is 0.667. The molecule has 0 aliphatic heterocycles. The van der Waals surface area contributed by atoms with Crippen LogP contribution in [0.4, 0.5) is 0 Å². The molecule has 1 heterocycles. The first kappa shape index (κ1) is 14.1. The summed E-state index contributed by atoms with van der Waals surface area (Å²) in [6, 6.07) is 4.08. The minimum atomic E-state index is -1.00. The molecule has 1 aliphatic rings. The number of aromatic carboxylic acids is 1. The molecule has 1 N–H and O–H groups in total. The molecule has 4 heteroatoms. The third-order valence-electron chi connectivity index (χ3n) is 4.16. The van der Waals surface area contributed by atoms with Crippen molar-refractivity contribution in [1.29, 1.82) is 0 Å². The molecule has 106 valence electrons. The quantitative estimate of drug-likeness (QED) is 0.882. The van der Waals surface area contributed by atoms with Gasteiger partial charge in [0.1, 0.15) is 5.76 Å². The van der Waals surface area contributed by atoms with Crippen molar-refractivity contribution in [3.05, 3.63) is 23.7 Å². The Morgan fingerprint density at radius 3 is 2.63 bits per heavy atom. The van der Waals surface area contributed by atoms with E-state index in [4.69, 9.17) is 9.52 Å². The topological polar surface area (TPSA) is 53.7 Å². The van der Waals surface area contributed by atoms with Crippen LogP contribution in [0.1, 0.15) is 68.3 Å². The summed E-state index contributed by atoms with van der Waals surface area (Å²) >= 11 is 0. The average Bonchev–Trinajstić information content (AvgIpc) is 2.90. The summed E-state index contributed by atoms with van der Waals surface area (Å²) in [7, 11) is 0. The maximum absolute atomic E-state index is 10.9. The highest BCUT2D eigenvalue weighted by atomic mass is 16.4. The van der Waals surface area contributed by atoms with Gasteiger partial charge in [-0.05, 0) is 38.4 Å². The molecule has 1 aromatic heterocycles. The van der Waals surface area contributed by atoms with E-state index in [-0.39, 0.29) is 11.8 Å². The Labute approximate surface area is 114 Å². The van der Waals surface area contributed by atoms with Crippen LogP contribution in [0.2, 0.25) is 0 Å². The van der Waals surface area contributed by atoms with E-state index in [0.29, 0.717) is 6.04 Å². The zero-order chi connectivity index (χ0) is 13.8. The van der Waals surface area contributed by atoms with Gasteiger partial charge in [-0.15, -0.1) is 0 Å². The predicted octanol–water partition coefficient (Wildman–Crippen LogP) is 3.69. The van der Waals surface area contributed by atoms with Crippen molar-refractivity contribution in [3.63, 3.8) is 0 Å². The van der Waals surface area contributed by atoms with Crippen LogP contribution < -0.4 is 0 Å². The smallest absolute Gasteiger partial charge is 0.371 e. The van der Waals surface area contributed by atoms with Crippen molar-refractivity contribution < 1.29 is 14.3 Å². The van der Waals surface area contributed by atoms with Crippen LogP contribution in [0.5, 0.6) is 0 Å². The molecule has 0 spiro atoms. The first-order valence-electron chi connectivity index (χ1n) is 7.22. The molecule has 0 aromatic carbocycles. The van der Waals surface area contributed by atoms with Crippen molar-refractivity contribution in [2.45, 2.75) is 58.0 Å². The van der Waals surface area contributed by atoms with Gasteiger partial charge in [-0.2, -0.15) is 0 Å². The van der Waals surface area contributed by atoms with Gasteiger partial charge in [0, 0.05) is 6.04 Å². The second-order valence-electron chi connectivity index (χ2n) is 5.31. The first-order chi connectivity index (χ1) is 9.13. The Hall–Kier alpha value is -1.29. The van der Waals surface area contributed by atoms with Crippen LogP contribution in [-0.4, -0.2) is 28.6 Å². The van der Waals surface area contributed by atoms with Gasteiger partial charge in [-0.3, -0.25) is 4.90 Å². The monoisotopic (exact) mass is 265 g/mol. The van der Waals surface area contributed by atoms with Crippen molar-refractivity contribution in [3.8, 4) is 0 Å². The summed E-state index contributed by atoms with van der Waals surface area (Å²) in [4.78, 5) is 13.3. The fourth-order valence-electron chi connectivity index (χ4n) is 3.12. The van der Waals surface area contributed by atoms with Crippen molar-refractivity contribution in [2.24, 2.45) is 0 Å². The summed E-state index contributed by atoms with van der Waals surface area (Å²) in [6.07, 6.45) is 6.42. The van der Waals surface area contributed by atoms with Crippen LogP contribution in [0.15, 0.2) is 16.5 Å². The summed E-state index contributed by atoms with van der Waals surface area (Å²) in [5, 5.41) is 8.92. The minimum Gasteiger partial charge on any atom is -0.475 e. The lowest BCUT2D eigenvalue weighted by Gasteiger charge is -2.37. The molecule has 4 nitrogen and oxygen atoms in total. The van der Waals surface area contributed by atoms with Crippen molar-refractivity contribution >= 4 is 5.97 Å². The third kappa shape index (κ3) is 3.18. The SMILES string of the molecule is CCN(C1CCCCC1)C(C)c1ccc(C(=O)O)o1. The highest BCUT2D eigenvalue weighted by molar-refractivity contribution is 5.84. The number of furan rings is 1. The van der Waals surface area contributed by atoms with E-state index in [9.17, 15) is 4.79 Å². The van der Waals surface area contributed by atoms with Crippen molar-refractivity contribution in [1.82, 2.24) is 4.90 Å².